The van der Waals surface area contributed by atoms with Crippen LogP contribution in [0.3, 0.4) is 0 Å². The summed E-state index contributed by atoms with van der Waals surface area (Å²) in [7, 11) is -3.37. The van der Waals surface area contributed by atoms with Crippen LogP contribution in [0.4, 0.5) is 0 Å². The molecule has 0 bridgehead atoms. The minimum Gasteiger partial charge on any atom is -0.507 e. The lowest BCUT2D eigenvalue weighted by Gasteiger charge is -2.26. The first-order chi connectivity index (χ1) is 29.1. The Bertz CT molecular complexity index is 1120. The van der Waals surface area contributed by atoms with E-state index in [1.165, 1.54) is 205 Å². The average Bonchev–Trinajstić information content (AvgIpc) is 3.22. The van der Waals surface area contributed by atoms with Crippen molar-refractivity contribution in [3.63, 3.8) is 0 Å². The molecule has 1 N–H and O–H groups in total. The van der Waals surface area contributed by atoms with E-state index in [2.05, 4.69) is 34.6 Å². The highest BCUT2D eigenvalue weighted by atomic mass is 32.2. The van der Waals surface area contributed by atoms with E-state index in [0.717, 1.165) is 45.3 Å². The first-order valence-corrected chi connectivity index (χ1v) is 30.0. The van der Waals surface area contributed by atoms with Gasteiger partial charge in [-0.2, -0.15) is 23.5 Å². The number of benzene rings is 1. The minimum atomic E-state index is -3.37. The van der Waals surface area contributed by atoms with Gasteiger partial charge in [0.2, 0.25) is 0 Å². The van der Waals surface area contributed by atoms with Crippen molar-refractivity contribution in [3.05, 3.63) is 28.3 Å². The van der Waals surface area contributed by atoms with E-state index in [1.807, 2.05) is 43.4 Å². The molecule has 4 nitrogen and oxygen atoms in total. The van der Waals surface area contributed by atoms with Crippen molar-refractivity contribution < 1.29 is 18.7 Å². The lowest BCUT2D eigenvalue weighted by molar-refractivity contribution is 0.222. The van der Waals surface area contributed by atoms with Crippen molar-refractivity contribution in [1.82, 2.24) is 0 Å². The molecule has 0 amide bonds. The van der Waals surface area contributed by atoms with Crippen molar-refractivity contribution in [2.24, 2.45) is 0 Å². The molecular weight excluding hydrogens is 796 g/mol. The first-order valence-electron chi connectivity index (χ1n) is 25.9. The van der Waals surface area contributed by atoms with Crippen LogP contribution in [0, 0.1) is 13.8 Å². The van der Waals surface area contributed by atoms with Gasteiger partial charge < -0.3 is 14.2 Å². The van der Waals surface area contributed by atoms with Crippen LogP contribution in [0.25, 0.3) is 0 Å². The highest BCUT2D eigenvalue weighted by molar-refractivity contribution is 7.99. The number of unbranched alkanes of at least 4 members (excludes halogenated alkanes) is 30. The Labute approximate surface area is 383 Å². The van der Waals surface area contributed by atoms with Crippen LogP contribution in [0.1, 0.15) is 262 Å². The predicted molar refractivity (Wildman–Crippen MR) is 273 cm³/mol. The Balaban J connectivity index is 2.31. The molecule has 0 unspecified atom stereocenters. The maximum atomic E-state index is 14.4. The second-order valence-corrected chi connectivity index (χ2v) is 23.7. The summed E-state index contributed by atoms with van der Waals surface area (Å²) < 4.78 is 26.7. The fourth-order valence-corrected chi connectivity index (χ4v) is 11.8. The molecule has 1 aromatic rings. The Hall–Kier alpha value is -0.130. The Morgan fingerprint density at radius 1 is 0.483 bits per heavy atom. The number of hydrogen-bond donors (Lipinski definition) is 1. The predicted octanol–water partition coefficient (Wildman–Crippen LogP) is 19.0. The molecule has 0 saturated heterocycles. The van der Waals surface area contributed by atoms with E-state index in [4.69, 9.17) is 9.05 Å². The number of hydrogen-bond acceptors (Lipinski definition) is 6. The first kappa shape index (κ1) is 57.9. The molecule has 0 radical (unpaired) electrons. The Morgan fingerprint density at radius 3 is 1.08 bits per heavy atom. The minimum absolute atomic E-state index is 0.227. The van der Waals surface area contributed by atoms with Crippen LogP contribution in [-0.2, 0) is 25.2 Å². The van der Waals surface area contributed by atoms with E-state index in [0.29, 0.717) is 19.0 Å². The normalized spacial score (nSPS) is 12.2. The molecule has 0 heterocycles. The van der Waals surface area contributed by atoms with Crippen molar-refractivity contribution in [2.45, 2.75) is 266 Å². The summed E-state index contributed by atoms with van der Waals surface area (Å²) in [4.78, 5) is 0. The van der Waals surface area contributed by atoms with E-state index in [1.54, 1.807) is 0 Å². The topological polar surface area (TPSA) is 55.8 Å². The van der Waals surface area contributed by atoms with Gasteiger partial charge in [-0.05, 0) is 65.9 Å². The molecule has 1 aromatic carbocycles. The standard InChI is InChI=1S/C53H101O4PS2/c1-8-10-12-14-16-18-20-22-24-26-28-30-32-34-36-38-42-59-44-40-56-58(55,47-50-46-51(53(5,6)7)52(54)49(4)48(50)3)57-41-45-60-43-39-37-35-33-31-29-27-25-23-21-19-17-15-13-11-9-2/h46,54H,8-45,47H2,1-7H3. The lowest BCUT2D eigenvalue weighted by atomic mass is 9.83. The summed E-state index contributed by atoms with van der Waals surface area (Å²) in [5.74, 6) is 4.28. The molecule has 7 heteroatoms. The van der Waals surface area contributed by atoms with Crippen molar-refractivity contribution in [2.75, 3.05) is 36.2 Å². The SMILES string of the molecule is CCCCCCCCCCCCCCCCCCSCCOP(=O)(Cc1cc(C(C)(C)C)c(O)c(C)c1C)OCCSCCCCCCCCCCCCCCCCCC. The van der Waals surface area contributed by atoms with Crippen molar-refractivity contribution >= 4 is 31.1 Å². The zero-order chi connectivity index (χ0) is 44.0. The second kappa shape index (κ2) is 39.3. The van der Waals surface area contributed by atoms with Crippen molar-refractivity contribution in [1.29, 1.82) is 0 Å². The zero-order valence-electron chi connectivity index (χ0n) is 41.1. The molecule has 0 aromatic heterocycles. The number of rotatable bonds is 44. The highest BCUT2D eigenvalue weighted by Crippen LogP contribution is 2.53. The molecule has 0 spiro atoms. The van der Waals surface area contributed by atoms with E-state index < -0.39 is 7.60 Å². The van der Waals surface area contributed by atoms with Crippen LogP contribution in [-0.4, -0.2) is 41.3 Å². The fourth-order valence-electron chi connectivity index (χ4n) is 8.22. The van der Waals surface area contributed by atoms with Gasteiger partial charge in [0.05, 0.1) is 19.4 Å². The van der Waals surface area contributed by atoms with E-state index in [9.17, 15) is 9.67 Å². The Morgan fingerprint density at radius 2 is 0.783 bits per heavy atom. The van der Waals surface area contributed by atoms with Gasteiger partial charge in [-0.25, -0.2) is 0 Å². The van der Waals surface area contributed by atoms with Gasteiger partial charge in [0, 0.05) is 11.5 Å². The molecule has 354 valence electrons. The van der Waals surface area contributed by atoms with E-state index >= 15 is 0 Å². The molecule has 0 aliphatic rings. The van der Waals surface area contributed by atoms with Gasteiger partial charge in [-0.1, -0.05) is 233 Å². The van der Waals surface area contributed by atoms with Crippen molar-refractivity contribution in [3.8, 4) is 5.75 Å². The summed E-state index contributed by atoms with van der Waals surface area (Å²) in [6.07, 6.45) is 44.8. The molecule has 0 atom stereocenters. The van der Waals surface area contributed by atoms with Crippen LogP contribution in [0.5, 0.6) is 5.75 Å². The highest BCUT2D eigenvalue weighted by Gasteiger charge is 2.29. The van der Waals surface area contributed by atoms with Gasteiger partial charge in [-0.3, -0.25) is 4.57 Å². The molecule has 0 fully saturated rings. The molecule has 0 aliphatic carbocycles. The Kier molecular flexibility index (Phi) is 37.9. The third-order valence-electron chi connectivity index (χ3n) is 12.5. The van der Waals surface area contributed by atoms with Gasteiger partial charge in [0.1, 0.15) is 5.75 Å². The molecular formula is C53H101O4PS2. The third kappa shape index (κ3) is 31.7. The van der Waals surface area contributed by atoms with Crippen LogP contribution in [0.15, 0.2) is 6.07 Å². The quantitative estimate of drug-likeness (QED) is 0.0520. The van der Waals surface area contributed by atoms with Crippen LogP contribution >= 0.6 is 31.1 Å². The maximum absolute atomic E-state index is 14.4. The fraction of sp³-hybridized carbons (Fsp3) is 0.887. The van der Waals surface area contributed by atoms with Gasteiger partial charge >= 0.3 is 7.60 Å². The molecule has 0 saturated carbocycles. The number of phenols is 1. The number of thioether (sulfide) groups is 2. The largest absolute Gasteiger partial charge is 0.507 e. The number of phenolic OH excluding ortho intramolecular Hbond substituents is 1. The lowest BCUT2D eigenvalue weighted by Crippen LogP contribution is -2.14. The average molecular weight is 897 g/mol. The summed E-state index contributed by atoms with van der Waals surface area (Å²) in [6.45, 7) is 15.8. The summed E-state index contributed by atoms with van der Waals surface area (Å²) in [6, 6.07) is 2.04. The zero-order valence-corrected chi connectivity index (χ0v) is 43.6. The smallest absolute Gasteiger partial charge is 0.335 e. The van der Waals surface area contributed by atoms with Crippen LogP contribution < -0.4 is 0 Å². The van der Waals surface area contributed by atoms with Gasteiger partial charge in [0.25, 0.3) is 0 Å². The third-order valence-corrected chi connectivity index (χ3v) is 16.4. The summed E-state index contributed by atoms with van der Waals surface area (Å²) in [5, 5.41) is 11.0. The van der Waals surface area contributed by atoms with Gasteiger partial charge in [0.15, 0.2) is 0 Å². The van der Waals surface area contributed by atoms with E-state index in [-0.39, 0.29) is 11.6 Å². The van der Waals surface area contributed by atoms with Crippen LogP contribution in [0.2, 0.25) is 0 Å². The second-order valence-electron chi connectivity index (χ2n) is 19.2. The summed E-state index contributed by atoms with van der Waals surface area (Å²) in [5.41, 5.74) is 3.45. The number of aromatic hydroxyl groups is 1. The summed E-state index contributed by atoms with van der Waals surface area (Å²) >= 11 is 3.83. The molecule has 0 aliphatic heterocycles. The molecule has 60 heavy (non-hydrogen) atoms. The van der Waals surface area contributed by atoms with Gasteiger partial charge in [-0.15, -0.1) is 0 Å². The molecule has 1 rings (SSSR count). The monoisotopic (exact) mass is 897 g/mol. The maximum Gasteiger partial charge on any atom is 0.335 e.